The third kappa shape index (κ3) is 3.01. The summed E-state index contributed by atoms with van der Waals surface area (Å²) in [6.07, 6.45) is -2.93. The largest absolute Gasteiger partial charge is 0.871 e. The molecule has 0 spiro atoms. The van der Waals surface area contributed by atoms with E-state index in [1.807, 2.05) is 0 Å². The molecule has 0 aliphatic carbocycles. The van der Waals surface area contributed by atoms with Crippen LogP contribution in [0.3, 0.4) is 0 Å². The highest BCUT2D eigenvalue weighted by atomic mass is 19.3. The van der Waals surface area contributed by atoms with Crippen LogP contribution >= 0.6 is 0 Å². The highest BCUT2D eigenvalue weighted by Gasteiger charge is 2.01. The van der Waals surface area contributed by atoms with Gasteiger partial charge in [0.1, 0.15) is 0 Å². The van der Waals surface area contributed by atoms with Gasteiger partial charge in [0, 0.05) is 6.08 Å². The predicted octanol–water partition coefficient (Wildman–Crippen LogP) is -0.331. The molecule has 0 heterocycles. The Kier molecular flexibility index (Phi) is 3.38. The summed E-state index contributed by atoms with van der Waals surface area (Å²) < 4.78 is 26.6. The average molecular weight is 151 g/mol. The molecular weight excluding hydrogens is 146 g/mol. The van der Waals surface area contributed by atoms with Crippen LogP contribution < -0.4 is 5.11 Å². The average Bonchev–Trinajstić information content (AvgIpc) is 1.87. The summed E-state index contributed by atoms with van der Waals surface area (Å²) in [7, 11) is 0.998. The molecule has 0 bridgehead atoms. The number of esters is 1. The maximum absolute atomic E-state index is 11.3. The Hall–Kier alpha value is -1.13. The maximum Gasteiger partial charge on any atom is 0.329 e. The van der Waals surface area contributed by atoms with E-state index in [9.17, 15) is 18.7 Å². The van der Waals surface area contributed by atoms with Crippen LogP contribution in [-0.4, -0.2) is 19.5 Å². The summed E-state index contributed by atoms with van der Waals surface area (Å²) in [5, 5.41) is 10.0. The lowest BCUT2D eigenvalue weighted by molar-refractivity contribution is -0.323. The van der Waals surface area contributed by atoms with Gasteiger partial charge >= 0.3 is 5.97 Å². The molecule has 0 aliphatic rings. The number of ether oxygens (including phenoxy) is 1. The van der Waals surface area contributed by atoms with E-state index in [0.29, 0.717) is 0 Å². The second-order valence-electron chi connectivity index (χ2n) is 1.37. The number of allylic oxidation sites excluding steroid dienone is 1. The molecule has 0 aromatic rings. The molecular formula is C5H5F2O3-. The first kappa shape index (κ1) is 8.87. The normalized spacial score (nSPS) is 11.8. The van der Waals surface area contributed by atoms with Gasteiger partial charge in [0.25, 0.3) is 0 Å². The molecule has 0 fully saturated rings. The van der Waals surface area contributed by atoms with Crippen LogP contribution in [0.1, 0.15) is 0 Å². The van der Waals surface area contributed by atoms with E-state index in [1.54, 1.807) is 0 Å². The molecule has 0 aliphatic heterocycles. The first-order valence-corrected chi connectivity index (χ1v) is 2.32. The van der Waals surface area contributed by atoms with Crippen LogP contribution in [0, 0.1) is 0 Å². The van der Waals surface area contributed by atoms with Gasteiger partial charge in [0.05, 0.1) is 7.11 Å². The summed E-state index contributed by atoms with van der Waals surface area (Å²) in [6, 6.07) is 0. The maximum atomic E-state index is 11.3. The molecule has 3 nitrogen and oxygen atoms in total. The minimum atomic E-state index is -3.14. The Bertz CT molecular complexity index is 153. The molecule has 5 heteroatoms. The third-order valence-electron chi connectivity index (χ3n) is 0.676. The standard InChI is InChI=1S/C5H6F2O3/c1-10-4(9)2-3(8)5(6)7/h2,5,8H,1H3/p-1/b3-2-. The topological polar surface area (TPSA) is 49.4 Å². The van der Waals surface area contributed by atoms with Gasteiger partial charge in [0.15, 0.2) is 0 Å². The zero-order valence-corrected chi connectivity index (χ0v) is 5.14. The highest BCUT2D eigenvalue weighted by molar-refractivity contribution is 5.82. The summed E-state index contributed by atoms with van der Waals surface area (Å²) >= 11 is 0. The Balaban J connectivity index is 4.03. The van der Waals surface area contributed by atoms with Crippen LogP contribution in [0.5, 0.6) is 0 Å². The second kappa shape index (κ2) is 3.81. The van der Waals surface area contributed by atoms with E-state index in [4.69, 9.17) is 0 Å². The molecule has 0 aromatic heterocycles. The zero-order valence-electron chi connectivity index (χ0n) is 5.14. The Labute approximate surface area is 55.9 Å². The summed E-state index contributed by atoms with van der Waals surface area (Å²) in [5.74, 6) is -2.60. The van der Waals surface area contributed by atoms with Crippen LogP contribution in [0.15, 0.2) is 11.8 Å². The highest BCUT2D eigenvalue weighted by Crippen LogP contribution is 2.00. The van der Waals surface area contributed by atoms with Crippen molar-refractivity contribution in [2.75, 3.05) is 7.11 Å². The van der Waals surface area contributed by atoms with Crippen molar-refractivity contribution in [2.24, 2.45) is 0 Å². The van der Waals surface area contributed by atoms with Crippen molar-refractivity contribution in [2.45, 2.75) is 6.43 Å². The van der Waals surface area contributed by atoms with Gasteiger partial charge in [-0.15, -0.1) is 0 Å². The number of hydrogen-bond acceptors (Lipinski definition) is 3. The van der Waals surface area contributed by atoms with Crippen molar-refractivity contribution in [3.05, 3.63) is 11.8 Å². The zero-order chi connectivity index (χ0) is 8.15. The van der Waals surface area contributed by atoms with Crippen LogP contribution in [-0.2, 0) is 9.53 Å². The van der Waals surface area contributed by atoms with Crippen molar-refractivity contribution in [1.29, 1.82) is 0 Å². The monoisotopic (exact) mass is 151 g/mol. The van der Waals surface area contributed by atoms with Gasteiger partial charge in [-0.1, -0.05) is 5.76 Å². The van der Waals surface area contributed by atoms with E-state index in [0.717, 1.165) is 7.11 Å². The smallest absolute Gasteiger partial charge is 0.329 e. The third-order valence-corrected chi connectivity index (χ3v) is 0.676. The number of rotatable bonds is 2. The fourth-order valence-corrected chi connectivity index (χ4v) is 0.238. The van der Waals surface area contributed by atoms with E-state index >= 15 is 0 Å². The van der Waals surface area contributed by atoms with Crippen molar-refractivity contribution < 1.29 is 23.4 Å². The summed E-state index contributed by atoms with van der Waals surface area (Å²) in [6.45, 7) is 0. The van der Waals surface area contributed by atoms with Crippen LogP contribution in [0.4, 0.5) is 8.78 Å². The number of halogens is 2. The van der Waals surface area contributed by atoms with Gasteiger partial charge < -0.3 is 9.84 Å². The Morgan fingerprint density at radius 1 is 1.70 bits per heavy atom. The van der Waals surface area contributed by atoms with Gasteiger partial charge in [-0.2, -0.15) is 0 Å². The lowest BCUT2D eigenvalue weighted by atomic mass is 10.4. The fourth-order valence-electron chi connectivity index (χ4n) is 0.238. The molecule has 0 unspecified atom stereocenters. The summed E-state index contributed by atoms with van der Waals surface area (Å²) in [4.78, 5) is 10.1. The number of carbonyl (C=O) groups excluding carboxylic acids is 1. The summed E-state index contributed by atoms with van der Waals surface area (Å²) in [5.41, 5.74) is 0. The van der Waals surface area contributed by atoms with E-state index in [2.05, 4.69) is 4.74 Å². The second-order valence-corrected chi connectivity index (χ2v) is 1.37. The first-order chi connectivity index (χ1) is 4.57. The molecule has 0 aromatic carbocycles. The minimum Gasteiger partial charge on any atom is -0.871 e. The molecule has 0 N–H and O–H groups in total. The number of hydrogen-bond donors (Lipinski definition) is 0. The van der Waals surface area contributed by atoms with Crippen molar-refractivity contribution in [3.63, 3.8) is 0 Å². The van der Waals surface area contributed by atoms with Crippen LogP contribution in [0.25, 0.3) is 0 Å². The molecule has 0 radical (unpaired) electrons. The lowest BCUT2D eigenvalue weighted by Crippen LogP contribution is -2.14. The van der Waals surface area contributed by atoms with E-state index in [1.165, 1.54) is 0 Å². The minimum absolute atomic E-state index is 0.213. The number of alkyl halides is 2. The molecule has 58 valence electrons. The van der Waals surface area contributed by atoms with E-state index < -0.39 is 18.2 Å². The molecule has 0 saturated heterocycles. The van der Waals surface area contributed by atoms with E-state index in [-0.39, 0.29) is 6.08 Å². The lowest BCUT2D eigenvalue weighted by Gasteiger charge is -2.07. The van der Waals surface area contributed by atoms with Gasteiger partial charge in [-0.05, 0) is 0 Å². The number of carbonyl (C=O) groups is 1. The van der Waals surface area contributed by atoms with Crippen molar-refractivity contribution >= 4 is 5.97 Å². The van der Waals surface area contributed by atoms with Crippen LogP contribution in [0.2, 0.25) is 0 Å². The molecule has 0 atom stereocenters. The molecule has 0 rings (SSSR count). The number of methoxy groups -OCH3 is 1. The van der Waals surface area contributed by atoms with Gasteiger partial charge in [-0.3, -0.25) is 0 Å². The quantitative estimate of drug-likeness (QED) is 0.308. The first-order valence-electron chi connectivity index (χ1n) is 2.32. The Morgan fingerprint density at radius 3 is 2.50 bits per heavy atom. The van der Waals surface area contributed by atoms with Crippen molar-refractivity contribution in [1.82, 2.24) is 0 Å². The predicted molar refractivity (Wildman–Crippen MR) is 26.1 cm³/mol. The molecule has 0 amide bonds. The molecule has 0 saturated carbocycles. The van der Waals surface area contributed by atoms with Gasteiger partial charge in [0.2, 0.25) is 6.43 Å². The van der Waals surface area contributed by atoms with Gasteiger partial charge in [-0.25, -0.2) is 13.6 Å². The molecule has 10 heavy (non-hydrogen) atoms. The Morgan fingerprint density at radius 2 is 2.20 bits per heavy atom. The fraction of sp³-hybridized carbons (Fsp3) is 0.400. The SMILES string of the molecule is COC(=O)/C=C(\[O-])C(F)F. The van der Waals surface area contributed by atoms with Crippen molar-refractivity contribution in [3.8, 4) is 0 Å².